The Hall–Kier alpha value is -3.24. The van der Waals surface area contributed by atoms with Gasteiger partial charge in [0, 0.05) is 17.1 Å². The van der Waals surface area contributed by atoms with Gasteiger partial charge in [0.2, 0.25) is 5.43 Å². The van der Waals surface area contributed by atoms with Crippen molar-refractivity contribution in [3.8, 4) is 11.8 Å². The van der Waals surface area contributed by atoms with Gasteiger partial charge < -0.3 is 5.32 Å². The molecule has 7 heteroatoms. The van der Waals surface area contributed by atoms with E-state index in [1.807, 2.05) is 30.3 Å². The number of fused-ring (bicyclic) bond motifs is 1. The summed E-state index contributed by atoms with van der Waals surface area (Å²) in [6.45, 7) is 0. The van der Waals surface area contributed by atoms with Crippen LogP contribution in [0.4, 0.5) is 5.00 Å². The van der Waals surface area contributed by atoms with E-state index in [0.717, 1.165) is 41.8 Å². The monoisotopic (exact) mass is 376 g/mol. The Labute approximate surface area is 159 Å². The van der Waals surface area contributed by atoms with Crippen LogP contribution in [0.1, 0.15) is 39.3 Å². The van der Waals surface area contributed by atoms with Gasteiger partial charge in [-0.15, -0.1) is 11.3 Å². The largest absolute Gasteiger partial charge is 0.311 e. The first-order chi connectivity index (χ1) is 13.2. The van der Waals surface area contributed by atoms with Crippen LogP contribution in [0.3, 0.4) is 0 Å². The minimum absolute atomic E-state index is 0.198. The van der Waals surface area contributed by atoms with Gasteiger partial charge in [-0.1, -0.05) is 18.2 Å². The smallest absolute Gasteiger partial charge is 0.280 e. The summed E-state index contributed by atoms with van der Waals surface area (Å²) >= 11 is 1.42. The standard InChI is InChI=1S/C20H16N4O2S/c21-12-15-14-8-4-5-9-17(14)27-20(15)22-19(26)18-16(25)10-11-24(23-18)13-6-2-1-3-7-13/h1-3,6-7,10-11H,4-5,8-9H2,(H,22,26). The maximum absolute atomic E-state index is 12.7. The highest BCUT2D eigenvalue weighted by molar-refractivity contribution is 7.16. The predicted octanol–water partition coefficient (Wildman–Crippen LogP) is 3.30. The van der Waals surface area contributed by atoms with Gasteiger partial charge in [-0.3, -0.25) is 9.59 Å². The van der Waals surface area contributed by atoms with Gasteiger partial charge in [-0.2, -0.15) is 10.4 Å². The Morgan fingerprint density at radius 1 is 1.19 bits per heavy atom. The first kappa shape index (κ1) is 17.2. The van der Waals surface area contributed by atoms with Crippen molar-refractivity contribution in [1.29, 1.82) is 5.26 Å². The third kappa shape index (κ3) is 3.27. The molecular weight excluding hydrogens is 360 g/mol. The lowest BCUT2D eigenvalue weighted by atomic mass is 9.96. The fraction of sp³-hybridized carbons (Fsp3) is 0.200. The fourth-order valence-electron chi connectivity index (χ4n) is 3.22. The summed E-state index contributed by atoms with van der Waals surface area (Å²) in [5.74, 6) is -0.597. The summed E-state index contributed by atoms with van der Waals surface area (Å²) in [7, 11) is 0. The highest BCUT2D eigenvalue weighted by Crippen LogP contribution is 2.37. The number of anilines is 1. The molecule has 0 bridgehead atoms. The number of carbonyl (C=O) groups is 1. The molecule has 0 unspecified atom stereocenters. The van der Waals surface area contributed by atoms with E-state index in [4.69, 9.17) is 0 Å². The molecule has 4 rings (SSSR count). The molecule has 0 fully saturated rings. The van der Waals surface area contributed by atoms with Crippen LogP contribution >= 0.6 is 11.3 Å². The van der Waals surface area contributed by atoms with Crippen LogP contribution in [0.15, 0.2) is 47.4 Å². The second kappa shape index (κ2) is 7.17. The zero-order chi connectivity index (χ0) is 18.8. The van der Waals surface area contributed by atoms with E-state index in [9.17, 15) is 14.9 Å². The Balaban J connectivity index is 1.67. The topological polar surface area (TPSA) is 87.8 Å². The number of rotatable bonds is 3. The van der Waals surface area contributed by atoms with Crippen molar-refractivity contribution in [2.45, 2.75) is 25.7 Å². The lowest BCUT2D eigenvalue weighted by Gasteiger charge is -2.09. The van der Waals surface area contributed by atoms with E-state index in [0.29, 0.717) is 10.6 Å². The van der Waals surface area contributed by atoms with Crippen molar-refractivity contribution in [1.82, 2.24) is 9.78 Å². The maximum atomic E-state index is 12.7. The molecule has 1 aromatic carbocycles. The second-order valence-electron chi connectivity index (χ2n) is 6.29. The van der Waals surface area contributed by atoms with Crippen LogP contribution in [0.5, 0.6) is 0 Å². The van der Waals surface area contributed by atoms with Gasteiger partial charge in [-0.25, -0.2) is 4.68 Å². The zero-order valence-corrected chi connectivity index (χ0v) is 15.3. The normalized spacial score (nSPS) is 12.9. The average Bonchev–Trinajstić information content (AvgIpc) is 3.05. The lowest BCUT2D eigenvalue weighted by Crippen LogP contribution is -2.25. The predicted molar refractivity (Wildman–Crippen MR) is 103 cm³/mol. The number of aryl methyl sites for hydroxylation is 1. The third-order valence-corrected chi connectivity index (χ3v) is 5.76. The van der Waals surface area contributed by atoms with Gasteiger partial charge in [-0.05, 0) is 43.4 Å². The van der Waals surface area contributed by atoms with Crippen molar-refractivity contribution in [3.05, 3.63) is 74.5 Å². The molecule has 0 atom stereocenters. The molecule has 0 spiro atoms. The highest BCUT2D eigenvalue weighted by Gasteiger charge is 2.23. The molecule has 0 radical (unpaired) electrons. The molecule has 0 saturated carbocycles. The van der Waals surface area contributed by atoms with E-state index in [2.05, 4.69) is 16.5 Å². The molecule has 1 aliphatic carbocycles. The zero-order valence-electron chi connectivity index (χ0n) is 14.4. The number of aromatic nitrogens is 2. The van der Waals surface area contributed by atoms with Crippen molar-refractivity contribution in [2.75, 3.05) is 5.32 Å². The van der Waals surface area contributed by atoms with Crippen LogP contribution < -0.4 is 10.7 Å². The number of benzene rings is 1. The van der Waals surface area contributed by atoms with Gasteiger partial charge in [0.25, 0.3) is 5.91 Å². The van der Waals surface area contributed by atoms with Crippen molar-refractivity contribution in [3.63, 3.8) is 0 Å². The minimum atomic E-state index is -0.597. The Morgan fingerprint density at radius 3 is 2.74 bits per heavy atom. The van der Waals surface area contributed by atoms with Crippen molar-refractivity contribution < 1.29 is 4.79 Å². The molecule has 1 amide bonds. The van der Waals surface area contributed by atoms with Gasteiger partial charge >= 0.3 is 0 Å². The van der Waals surface area contributed by atoms with Crippen LogP contribution in [0, 0.1) is 11.3 Å². The van der Waals surface area contributed by atoms with E-state index in [1.54, 1.807) is 0 Å². The summed E-state index contributed by atoms with van der Waals surface area (Å²) in [6.07, 6.45) is 5.45. The molecule has 2 heterocycles. The van der Waals surface area contributed by atoms with Gasteiger partial charge in [0.1, 0.15) is 11.1 Å². The number of para-hydroxylation sites is 1. The third-order valence-electron chi connectivity index (χ3n) is 4.55. The molecule has 2 aromatic heterocycles. The Bertz CT molecular complexity index is 1110. The second-order valence-corrected chi connectivity index (χ2v) is 7.39. The van der Waals surface area contributed by atoms with Crippen LogP contribution in [0.2, 0.25) is 0 Å². The maximum Gasteiger partial charge on any atom is 0.280 e. The molecule has 1 aliphatic rings. The molecule has 27 heavy (non-hydrogen) atoms. The van der Waals surface area contributed by atoms with Gasteiger partial charge in [0.15, 0.2) is 5.69 Å². The van der Waals surface area contributed by atoms with E-state index in [1.165, 1.54) is 28.3 Å². The SMILES string of the molecule is N#Cc1c(NC(=O)c2nn(-c3ccccc3)ccc2=O)sc2c1CCCC2. The summed E-state index contributed by atoms with van der Waals surface area (Å²) in [4.78, 5) is 26.0. The number of nitrogens with one attached hydrogen (secondary N) is 1. The number of nitriles is 1. The molecule has 3 aromatic rings. The molecule has 6 nitrogen and oxygen atoms in total. The fourth-order valence-corrected chi connectivity index (χ4v) is 4.46. The molecule has 0 saturated heterocycles. The first-order valence-corrected chi connectivity index (χ1v) is 9.50. The Kier molecular flexibility index (Phi) is 4.57. The van der Waals surface area contributed by atoms with Crippen LogP contribution in [0.25, 0.3) is 5.69 Å². The van der Waals surface area contributed by atoms with E-state index >= 15 is 0 Å². The average molecular weight is 376 g/mol. The van der Waals surface area contributed by atoms with E-state index in [-0.39, 0.29) is 5.69 Å². The summed E-state index contributed by atoms with van der Waals surface area (Å²) in [5, 5.41) is 16.9. The summed E-state index contributed by atoms with van der Waals surface area (Å²) < 4.78 is 1.49. The first-order valence-electron chi connectivity index (χ1n) is 8.69. The minimum Gasteiger partial charge on any atom is -0.311 e. The number of nitrogens with zero attached hydrogens (tertiary/aromatic N) is 3. The number of amides is 1. The van der Waals surface area contributed by atoms with Crippen LogP contribution in [-0.2, 0) is 12.8 Å². The molecular formula is C20H16N4O2S. The molecule has 134 valence electrons. The Morgan fingerprint density at radius 2 is 1.96 bits per heavy atom. The lowest BCUT2D eigenvalue weighted by molar-refractivity contribution is 0.102. The number of hydrogen-bond acceptors (Lipinski definition) is 5. The van der Waals surface area contributed by atoms with Gasteiger partial charge in [0.05, 0.1) is 11.3 Å². The molecule has 1 N–H and O–H groups in total. The van der Waals surface area contributed by atoms with E-state index < -0.39 is 11.3 Å². The summed E-state index contributed by atoms with van der Waals surface area (Å²) in [5.41, 5.74) is 1.64. The molecule has 0 aliphatic heterocycles. The van der Waals surface area contributed by atoms with Crippen molar-refractivity contribution in [2.24, 2.45) is 0 Å². The number of carbonyl (C=O) groups excluding carboxylic acids is 1. The number of thiophene rings is 1. The quantitative estimate of drug-likeness (QED) is 0.760. The number of hydrogen-bond donors (Lipinski definition) is 1. The van der Waals surface area contributed by atoms with Crippen LogP contribution in [-0.4, -0.2) is 15.7 Å². The summed E-state index contributed by atoms with van der Waals surface area (Å²) in [6, 6.07) is 12.8. The van der Waals surface area contributed by atoms with Crippen molar-refractivity contribution >= 4 is 22.2 Å². The highest BCUT2D eigenvalue weighted by atomic mass is 32.1.